The van der Waals surface area contributed by atoms with E-state index in [0.29, 0.717) is 41.1 Å². The monoisotopic (exact) mass is 515 g/mol. The quantitative estimate of drug-likeness (QED) is 0.329. The molecule has 2 amide bonds. The lowest BCUT2D eigenvalue weighted by Crippen LogP contribution is -2.37. The van der Waals surface area contributed by atoms with Crippen molar-refractivity contribution < 1.29 is 19.1 Å². The molecule has 11 nitrogen and oxygen atoms in total. The van der Waals surface area contributed by atoms with E-state index in [9.17, 15) is 9.59 Å². The molecule has 0 unspecified atom stereocenters. The average Bonchev–Trinajstić information content (AvgIpc) is 3.31. The number of nitrogen functional groups attached to an aromatic ring is 1. The number of aryl methyl sites for hydroxylation is 1. The number of nitrogens with zero attached hydrogens (tertiary/aromatic N) is 4. The van der Waals surface area contributed by atoms with E-state index in [2.05, 4.69) is 25.6 Å². The van der Waals surface area contributed by atoms with Gasteiger partial charge in [-0.15, -0.1) is 0 Å². The number of benzene rings is 2. The molecule has 1 fully saturated rings. The molecule has 0 aliphatic carbocycles. The Labute approximate surface area is 219 Å². The van der Waals surface area contributed by atoms with Crippen LogP contribution >= 0.6 is 0 Å². The average molecular weight is 516 g/mol. The first kappa shape index (κ1) is 25.0. The second kappa shape index (κ2) is 10.8. The highest BCUT2D eigenvalue weighted by Gasteiger charge is 2.22. The zero-order chi connectivity index (χ0) is 26.6. The smallest absolute Gasteiger partial charge is 0.340 e. The SMILES string of the molecule is CCOC(=O)c1cn2ncnc(N)c2c1-c1ccc(NC(=O)Nc2cc(C)ccc2N2CCOCC2)cc1. The van der Waals surface area contributed by atoms with E-state index in [1.54, 1.807) is 37.4 Å². The molecule has 0 radical (unpaired) electrons. The van der Waals surface area contributed by atoms with Gasteiger partial charge in [-0.3, -0.25) is 0 Å². The summed E-state index contributed by atoms with van der Waals surface area (Å²) in [6.45, 7) is 6.79. The number of esters is 1. The number of carbonyl (C=O) groups excluding carboxylic acids is 2. The van der Waals surface area contributed by atoms with Crippen molar-refractivity contribution in [3.05, 3.63) is 66.1 Å². The molecule has 196 valence electrons. The molecular weight excluding hydrogens is 486 g/mol. The normalized spacial score (nSPS) is 13.4. The fourth-order valence-corrected chi connectivity index (χ4v) is 4.53. The van der Waals surface area contributed by atoms with Crippen molar-refractivity contribution in [1.29, 1.82) is 0 Å². The van der Waals surface area contributed by atoms with Gasteiger partial charge in [-0.1, -0.05) is 18.2 Å². The zero-order valence-electron chi connectivity index (χ0n) is 21.2. The zero-order valence-corrected chi connectivity index (χ0v) is 21.2. The predicted octanol–water partition coefficient (Wildman–Crippen LogP) is 3.94. The lowest BCUT2D eigenvalue weighted by atomic mass is 10.0. The molecule has 4 aromatic rings. The van der Waals surface area contributed by atoms with Gasteiger partial charge in [0.1, 0.15) is 11.8 Å². The second-order valence-electron chi connectivity index (χ2n) is 8.85. The van der Waals surface area contributed by atoms with Crippen LogP contribution < -0.4 is 21.3 Å². The molecular formula is C27H29N7O4. The number of urea groups is 1. The van der Waals surface area contributed by atoms with Gasteiger partial charge in [0.05, 0.1) is 36.8 Å². The summed E-state index contributed by atoms with van der Waals surface area (Å²) in [6, 6.07) is 12.7. The van der Waals surface area contributed by atoms with Gasteiger partial charge in [-0.2, -0.15) is 5.10 Å². The lowest BCUT2D eigenvalue weighted by molar-refractivity contribution is 0.0527. The van der Waals surface area contributed by atoms with E-state index in [1.807, 2.05) is 25.1 Å². The van der Waals surface area contributed by atoms with Crippen molar-refractivity contribution >= 4 is 40.4 Å². The largest absolute Gasteiger partial charge is 0.462 e. The molecule has 2 aromatic carbocycles. The summed E-state index contributed by atoms with van der Waals surface area (Å²) in [5.41, 5.74) is 11.5. The van der Waals surface area contributed by atoms with Crippen LogP contribution in [0.15, 0.2) is 55.0 Å². The van der Waals surface area contributed by atoms with Crippen molar-refractivity contribution in [2.45, 2.75) is 13.8 Å². The minimum atomic E-state index is -0.483. The standard InChI is InChI=1S/C27H29N7O4/c1-3-38-26(35)20-15-34-24(25(28)29-16-30-34)23(20)18-5-7-19(8-6-18)31-27(36)32-21-14-17(2)4-9-22(21)33-10-12-37-13-11-33/h4-9,14-16H,3,10-13H2,1-2H3,(H2,28,29,30)(H2,31,32,36). The van der Waals surface area contributed by atoms with Gasteiger partial charge in [0.25, 0.3) is 0 Å². The number of anilines is 4. The van der Waals surface area contributed by atoms with Crippen molar-refractivity contribution in [2.75, 3.05) is 54.2 Å². The molecule has 1 aliphatic heterocycles. The third kappa shape index (κ3) is 5.09. The van der Waals surface area contributed by atoms with Gasteiger partial charge >= 0.3 is 12.0 Å². The lowest BCUT2D eigenvalue weighted by Gasteiger charge is -2.30. The molecule has 0 atom stereocenters. The number of amides is 2. The first-order valence-corrected chi connectivity index (χ1v) is 12.4. The van der Waals surface area contributed by atoms with Gasteiger partial charge in [0.15, 0.2) is 5.82 Å². The summed E-state index contributed by atoms with van der Waals surface area (Å²) in [5.74, 6) is -0.246. The molecule has 0 bridgehead atoms. The minimum Gasteiger partial charge on any atom is -0.462 e. The van der Waals surface area contributed by atoms with Gasteiger partial charge in [-0.25, -0.2) is 19.1 Å². The molecule has 2 aromatic heterocycles. The molecule has 0 spiro atoms. The van der Waals surface area contributed by atoms with Crippen molar-refractivity contribution in [3.8, 4) is 11.1 Å². The van der Waals surface area contributed by atoms with Gasteiger partial charge in [0, 0.05) is 30.5 Å². The topological polar surface area (TPSA) is 136 Å². The fraction of sp³-hybridized carbons (Fsp3) is 0.259. The highest BCUT2D eigenvalue weighted by Crippen LogP contribution is 2.34. The summed E-state index contributed by atoms with van der Waals surface area (Å²) in [7, 11) is 0. The highest BCUT2D eigenvalue weighted by molar-refractivity contribution is 6.05. The van der Waals surface area contributed by atoms with Gasteiger partial charge in [-0.05, 0) is 49.2 Å². The van der Waals surface area contributed by atoms with Crippen molar-refractivity contribution in [2.24, 2.45) is 0 Å². The minimum absolute atomic E-state index is 0.234. The maximum Gasteiger partial charge on any atom is 0.340 e. The van der Waals surface area contributed by atoms with Crippen LogP contribution in [0.4, 0.5) is 27.7 Å². The highest BCUT2D eigenvalue weighted by atomic mass is 16.5. The number of fused-ring (bicyclic) bond motifs is 1. The Balaban J connectivity index is 1.38. The summed E-state index contributed by atoms with van der Waals surface area (Å²) in [4.78, 5) is 31.9. The number of aromatic nitrogens is 3. The predicted molar refractivity (Wildman–Crippen MR) is 146 cm³/mol. The molecule has 38 heavy (non-hydrogen) atoms. The van der Waals surface area contributed by atoms with Crippen LogP contribution in [-0.2, 0) is 9.47 Å². The number of carbonyl (C=O) groups is 2. The molecule has 4 N–H and O–H groups in total. The summed E-state index contributed by atoms with van der Waals surface area (Å²) < 4.78 is 12.2. The third-order valence-corrected chi connectivity index (χ3v) is 6.28. The molecule has 1 aliphatic rings. The fourth-order valence-electron chi connectivity index (χ4n) is 4.53. The Hall–Kier alpha value is -4.64. The van der Waals surface area contributed by atoms with Gasteiger partial charge < -0.3 is 30.7 Å². The Kier molecular flexibility index (Phi) is 7.09. The Morgan fingerprint density at radius 3 is 2.61 bits per heavy atom. The van der Waals surface area contributed by atoms with E-state index >= 15 is 0 Å². The van der Waals surface area contributed by atoms with Crippen LogP contribution in [0.25, 0.3) is 16.6 Å². The molecule has 11 heteroatoms. The van der Waals surface area contributed by atoms with E-state index < -0.39 is 5.97 Å². The molecule has 0 saturated carbocycles. The van der Waals surface area contributed by atoms with Crippen molar-refractivity contribution in [3.63, 3.8) is 0 Å². The summed E-state index contributed by atoms with van der Waals surface area (Å²) in [5, 5.41) is 10.0. The number of nitrogens with one attached hydrogen (secondary N) is 2. The number of morpholine rings is 1. The first-order valence-electron chi connectivity index (χ1n) is 12.4. The van der Waals surface area contributed by atoms with Crippen LogP contribution in [0.2, 0.25) is 0 Å². The van der Waals surface area contributed by atoms with E-state index in [0.717, 1.165) is 30.0 Å². The van der Waals surface area contributed by atoms with E-state index in [1.165, 1.54) is 10.8 Å². The number of rotatable bonds is 6. The van der Waals surface area contributed by atoms with Gasteiger partial charge in [0.2, 0.25) is 0 Å². The van der Waals surface area contributed by atoms with E-state index in [-0.39, 0.29) is 18.5 Å². The Morgan fingerprint density at radius 1 is 1.11 bits per heavy atom. The summed E-state index contributed by atoms with van der Waals surface area (Å²) in [6.07, 6.45) is 2.90. The van der Waals surface area contributed by atoms with E-state index in [4.69, 9.17) is 15.2 Å². The molecule has 3 heterocycles. The maximum absolute atomic E-state index is 12.9. The number of nitrogens with two attached hydrogens (primary N) is 1. The number of hydrogen-bond donors (Lipinski definition) is 3. The van der Waals surface area contributed by atoms with Crippen LogP contribution in [0.5, 0.6) is 0 Å². The summed E-state index contributed by atoms with van der Waals surface area (Å²) >= 11 is 0. The third-order valence-electron chi connectivity index (χ3n) is 6.28. The Bertz CT molecular complexity index is 1480. The first-order chi connectivity index (χ1) is 18.4. The number of hydrogen-bond acceptors (Lipinski definition) is 8. The second-order valence-corrected chi connectivity index (χ2v) is 8.85. The number of ether oxygens (including phenoxy) is 2. The van der Waals surface area contributed by atoms with Crippen LogP contribution in [0, 0.1) is 6.92 Å². The molecule has 1 saturated heterocycles. The Morgan fingerprint density at radius 2 is 1.87 bits per heavy atom. The van der Waals surface area contributed by atoms with Crippen LogP contribution in [-0.4, -0.2) is 59.5 Å². The molecule has 5 rings (SSSR count). The van der Waals surface area contributed by atoms with Crippen molar-refractivity contribution in [1.82, 2.24) is 14.6 Å². The van der Waals surface area contributed by atoms with Crippen LogP contribution in [0.3, 0.4) is 0 Å². The van der Waals surface area contributed by atoms with Crippen LogP contribution in [0.1, 0.15) is 22.8 Å². The maximum atomic E-state index is 12.9.